The van der Waals surface area contributed by atoms with E-state index in [1.165, 1.54) is 31.4 Å². The number of likely N-dealkylation sites (tertiary alicyclic amines) is 2. The number of nitrogens with zero attached hydrogens (tertiary/aromatic N) is 6. The zero-order valence-electron chi connectivity index (χ0n) is 17.4. The first-order valence-electron chi connectivity index (χ1n) is 10.3. The monoisotopic (exact) mass is 509 g/mol. The molecule has 0 spiro atoms. The van der Waals surface area contributed by atoms with Crippen LogP contribution < -0.4 is 5.32 Å². The number of piperidine rings is 2. The van der Waals surface area contributed by atoms with Gasteiger partial charge in [0.05, 0.1) is 6.54 Å². The van der Waals surface area contributed by atoms with E-state index in [0.717, 1.165) is 31.4 Å². The minimum atomic E-state index is 0. The highest BCUT2D eigenvalue weighted by Gasteiger charge is 2.36. The Hall–Kier alpha value is -1.68. The van der Waals surface area contributed by atoms with Crippen LogP contribution in [0.5, 0.6) is 0 Å². The summed E-state index contributed by atoms with van der Waals surface area (Å²) in [5, 5.41) is 7.60. The van der Waals surface area contributed by atoms with Gasteiger partial charge < -0.3 is 10.2 Å². The maximum Gasteiger partial charge on any atom is 0.194 e. The predicted molar refractivity (Wildman–Crippen MR) is 126 cm³/mol. The summed E-state index contributed by atoms with van der Waals surface area (Å²) in [4.78, 5) is 13.9. The molecule has 4 rings (SSSR count). The fourth-order valence-electron chi connectivity index (χ4n) is 4.68. The first kappa shape index (κ1) is 22.0. The number of hydrogen-bond acceptors (Lipinski definition) is 4. The number of aliphatic imine (C=N–C) groups is 1. The van der Waals surface area contributed by atoms with Crippen LogP contribution in [0.1, 0.15) is 30.7 Å². The Bertz CT molecular complexity index is 791. The summed E-state index contributed by atoms with van der Waals surface area (Å²) in [7, 11) is 3.79. The summed E-state index contributed by atoms with van der Waals surface area (Å²) in [6.07, 6.45) is 5.39. The summed E-state index contributed by atoms with van der Waals surface area (Å²) in [5.41, 5.74) is 1.42. The molecule has 1 aromatic carbocycles. The maximum absolute atomic E-state index is 4.53. The standard InChI is InChI=1S/C21H31N7.HI/c1-22-21(23-13-20-24-16-25-26(20)2)28-12-10-19-18(15-28)9-6-11-27(19)14-17-7-4-3-5-8-17;/h3-5,7-8,16,18-19H,6,9-15H2,1-2H3,(H,22,23);1H. The van der Waals surface area contributed by atoms with Gasteiger partial charge in [0, 0.05) is 39.8 Å². The minimum absolute atomic E-state index is 0. The van der Waals surface area contributed by atoms with Crippen molar-refractivity contribution in [2.75, 3.05) is 26.7 Å². The molecule has 1 N–H and O–H groups in total. The highest BCUT2D eigenvalue weighted by molar-refractivity contribution is 14.0. The number of nitrogens with one attached hydrogen (secondary N) is 1. The van der Waals surface area contributed by atoms with Gasteiger partial charge in [-0.1, -0.05) is 30.3 Å². The molecule has 0 aliphatic carbocycles. The third-order valence-corrected chi connectivity index (χ3v) is 6.13. The van der Waals surface area contributed by atoms with Gasteiger partial charge in [-0.15, -0.1) is 24.0 Å². The highest BCUT2D eigenvalue weighted by Crippen LogP contribution is 2.31. The van der Waals surface area contributed by atoms with Crippen molar-refractivity contribution in [2.24, 2.45) is 18.0 Å². The van der Waals surface area contributed by atoms with Crippen LogP contribution in [0.4, 0.5) is 0 Å². The summed E-state index contributed by atoms with van der Waals surface area (Å²) in [5.74, 6) is 2.60. The summed E-state index contributed by atoms with van der Waals surface area (Å²) < 4.78 is 1.80. The van der Waals surface area contributed by atoms with Crippen LogP contribution >= 0.6 is 24.0 Å². The molecule has 0 bridgehead atoms. The van der Waals surface area contributed by atoms with E-state index < -0.39 is 0 Å². The average Bonchev–Trinajstić information content (AvgIpc) is 3.14. The zero-order chi connectivity index (χ0) is 19.3. The van der Waals surface area contributed by atoms with E-state index in [9.17, 15) is 0 Å². The van der Waals surface area contributed by atoms with Gasteiger partial charge in [-0.25, -0.2) is 4.98 Å². The van der Waals surface area contributed by atoms with Crippen molar-refractivity contribution in [1.29, 1.82) is 0 Å². The second-order valence-electron chi connectivity index (χ2n) is 7.86. The molecular formula is C21H32IN7. The van der Waals surface area contributed by atoms with Gasteiger partial charge >= 0.3 is 0 Å². The fraction of sp³-hybridized carbons (Fsp3) is 0.571. The number of fused-ring (bicyclic) bond motifs is 1. The second-order valence-corrected chi connectivity index (χ2v) is 7.86. The molecule has 2 atom stereocenters. The van der Waals surface area contributed by atoms with E-state index in [2.05, 4.69) is 60.5 Å². The maximum atomic E-state index is 4.53. The number of guanidine groups is 1. The Morgan fingerprint density at radius 2 is 2.03 bits per heavy atom. The quantitative estimate of drug-likeness (QED) is 0.390. The van der Waals surface area contributed by atoms with Gasteiger partial charge in [-0.05, 0) is 37.3 Å². The number of rotatable bonds is 4. The minimum Gasteiger partial charge on any atom is -0.349 e. The number of benzene rings is 1. The van der Waals surface area contributed by atoms with E-state index >= 15 is 0 Å². The van der Waals surface area contributed by atoms with E-state index in [-0.39, 0.29) is 24.0 Å². The number of halogens is 1. The van der Waals surface area contributed by atoms with Crippen LogP contribution in [0.2, 0.25) is 0 Å². The van der Waals surface area contributed by atoms with E-state index in [1.807, 2.05) is 14.1 Å². The highest BCUT2D eigenvalue weighted by atomic mass is 127. The van der Waals surface area contributed by atoms with Crippen molar-refractivity contribution in [3.05, 3.63) is 48.0 Å². The van der Waals surface area contributed by atoms with Crippen molar-refractivity contribution >= 4 is 29.9 Å². The molecule has 3 heterocycles. The van der Waals surface area contributed by atoms with Crippen LogP contribution in [0.15, 0.2) is 41.7 Å². The van der Waals surface area contributed by atoms with Crippen LogP contribution in [0.25, 0.3) is 0 Å². The molecular weight excluding hydrogens is 477 g/mol. The molecule has 0 saturated carbocycles. The van der Waals surface area contributed by atoms with Crippen molar-refractivity contribution in [3.63, 3.8) is 0 Å². The van der Waals surface area contributed by atoms with Crippen LogP contribution in [-0.2, 0) is 20.1 Å². The predicted octanol–water partition coefficient (Wildman–Crippen LogP) is 2.50. The van der Waals surface area contributed by atoms with Crippen LogP contribution in [-0.4, -0.2) is 63.2 Å². The molecule has 7 nitrogen and oxygen atoms in total. The first-order valence-corrected chi connectivity index (χ1v) is 10.3. The Morgan fingerprint density at radius 1 is 1.21 bits per heavy atom. The first-order chi connectivity index (χ1) is 13.7. The number of aryl methyl sites for hydroxylation is 1. The van der Waals surface area contributed by atoms with Crippen molar-refractivity contribution in [2.45, 2.75) is 38.4 Å². The van der Waals surface area contributed by atoms with Gasteiger partial charge in [-0.2, -0.15) is 5.10 Å². The van der Waals surface area contributed by atoms with E-state index in [4.69, 9.17) is 0 Å². The zero-order valence-corrected chi connectivity index (χ0v) is 19.7. The van der Waals surface area contributed by atoms with E-state index in [1.54, 1.807) is 11.0 Å². The molecule has 158 valence electrons. The summed E-state index contributed by atoms with van der Waals surface area (Å²) in [6, 6.07) is 11.6. The number of hydrogen-bond donors (Lipinski definition) is 1. The Morgan fingerprint density at radius 3 is 2.76 bits per heavy atom. The fourth-order valence-corrected chi connectivity index (χ4v) is 4.68. The molecule has 0 radical (unpaired) electrons. The SMILES string of the molecule is CN=C(NCc1ncnn1C)N1CCC2C(CCCN2Cc2ccccc2)C1.I. The van der Waals surface area contributed by atoms with Crippen molar-refractivity contribution < 1.29 is 0 Å². The second kappa shape index (κ2) is 10.4. The largest absolute Gasteiger partial charge is 0.349 e. The molecule has 2 unspecified atom stereocenters. The Balaban J connectivity index is 0.00000240. The molecule has 0 amide bonds. The lowest BCUT2D eigenvalue weighted by atomic mass is 9.83. The number of aromatic nitrogens is 3. The van der Waals surface area contributed by atoms with Gasteiger partial charge in [0.2, 0.25) is 0 Å². The van der Waals surface area contributed by atoms with Gasteiger partial charge in [0.1, 0.15) is 12.2 Å². The molecule has 1 aromatic heterocycles. The Kier molecular flexibility index (Phi) is 7.88. The average molecular weight is 509 g/mol. The topological polar surface area (TPSA) is 61.6 Å². The van der Waals surface area contributed by atoms with Crippen LogP contribution in [0.3, 0.4) is 0 Å². The lowest BCUT2D eigenvalue weighted by Crippen LogP contribution is -2.56. The van der Waals surface area contributed by atoms with Gasteiger partial charge in [0.25, 0.3) is 0 Å². The third kappa shape index (κ3) is 5.28. The molecule has 29 heavy (non-hydrogen) atoms. The third-order valence-electron chi connectivity index (χ3n) is 6.13. The van der Waals surface area contributed by atoms with Crippen molar-refractivity contribution in [1.82, 2.24) is 29.9 Å². The Labute approximate surface area is 190 Å². The van der Waals surface area contributed by atoms with Gasteiger partial charge in [0.15, 0.2) is 5.96 Å². The summed E-state index contributed by atoms with van der Waals surface area (Å²) in [6.45, 7) is 5.06. The van der Waals surface area contributed by atoms with E-state index in [0.29, 0.717) is 18.5 Å². The molecule has 2 fully saturated rings. The van der Waals surface area contributed by atoms with Gasteiger partial charge in [-0.3, -0.25) is 14.6 Å². The summed E-state index contributed by atoms with van der Waals surface area (Å²) >= 11 is 0. The molecule has 8 heteroatoms. The van der Waals surface area contributed by atoms with Crippen molar-refractivity contribution in [3.8, 4) is 0 Å². The normalized spacial score (nSPS) is 22.7. The molecule has 2 saturated heterocycles. The van der Waals surface area contributed by atoms with Crippen LogP contribution in [0, 0.1) is 5.92 Å². The lowest BCUT2D eigenvalue weighted by Gasteiger charge is -2.48. The molecule has 2 aliphatic heterocycles. The smallest absolute Gasteiger partial charge is 0.194 e. The molecule has 2 aliphatic rings. The molecule has 2 aromatic rings. The lowest BCUT2D eigenvalue weighted by molar-refractivity contribution is 0.0372.